The lowest BCUT2D eigenvalue weighted by molar-refractivity contribution is 0.0880. The predicted molar refractivity (Wildman–Crippen MR) is 105 cm³/mol. The highest BCUT2D eigenvalue weighted by molar-refractivity contribution is 6.33. The van der Waals surface area contributed by atoms with Crippen molar-refractivity contribution in [1.82, 2.24) is 9.88 Å². The predicted octanol–water partition coefficient (Wildman–Crippen LogP) is 2.64. The summed E-state index contributed by atoms with van der Waals surface area (Å²) in [4.78, 5) is 36.8. The molecule has 3 aromatic rings. The second-order valence-corrected chi connectivity index (χ2v) is 6.79. The van der Waals surface area contributed by atoms with Crippen molar-refractivity contribution in [2.45, 2.75) is 6.92 Å². The third-order valence-corrected chi connectivity index (χ3v) is 5.00. The Labute approximate surface area is 164 Å². The molecule has 0 saturated carbocycles. The number of nitrogens with zero attached hydrogens (tertiary/aromatic N) is 1. The summed E-state index contributed by atoms with van der Waals surface area (Å²) in [5.74, 6) is -1.52. The first kappa shape index (κ1) is 17.8. The van der Waals surface area contributed by atoms with Gasteiger partial charge in [-0.05, 0) is 18.6 Å². The molecule has 4 rings (SSSR count). The number of carbonyl (C=O) groups excluding carboxylic acids is 2. The molecule has 2 aromatic carbocycles. The average Bonchev–Trinajstić information content (AvgIpc) is 2.92. The Morgan fingerprint density at radius 3 is 2.43 bits per heavy atom. The molecule has 2 amide bonds. The number of phenols is 1. The van der Waals surface area contributed by atoms with E-state index in [1.54, 1.807) is 43.3 Å². The Bertz CT molecular complexity index is 1250. The van der Waals surface area contributed by atoms with Gasteiger partial charge in [0.15, 0.2) is 0 Å². The van der Waals surface area contributed by atoms with Crippen molar-refractivity contribution in [1.29, 1.82) is 0 Å². The van der Waals surface area contributed by atoms with Crippen molar-refractivity contribution in [3.63, 3.8) is 0 Å². The summed E-state index contributed by atoms with van der Waals surface area (Å²) < 4.78 is 1.08. The monoisotopic (exact) mass is 395 g/mol. The standard InChI is InChI=1S/C20H14ClN3O4/c1-9-4-2-6-11(17(9)26)10-5-3-7-13(21)16(10)24-14(25)8-12-15(18(24)22)20(28)23-19(12)27/h2-8,26H,22H2,1H3,(H,23,27,28). The van der Waals surface area contributed by atoms with Crippen LogP contribution in [0.4, 0.5) is 5.82 Å². The van der Waals surface area contributed by atoms with E-state index in [2.05, 4.69) is 5.32 Å². The van der Waals surface area contributed by atoms with Crippen molar-refractivity contribution in [3.05, 3.63) is 74.5 Å². The van der Waals surface area contributed by atoms with Crippen LogP contribution in [0.3, 0.4) is 0 Å². The number of benzene rings is 2. The minimum absolute atomic E-state index is 0.0340. The molecule has 1 aliphatic rings. The number of nitrogen functional groups attached to an aromatic ring is 1. The normalized spacial score (nSPS) is 12.8. The quantitative estimate of drug-likeness (QED) is 0.577. The molecule has 0 bridgehead atoms. The van der Waals surface area contributed by atoms with Crippen molar-refractivity contribution in [3.8, 4) is 22.6 Å². The number of carbonyl (C=O) groups is 2. The molecule has 4 N–H and O–H groups in total. The Hall–Kier alpha value is -3.58. The van der Waals surface area contributed by atoms with Crippen LogP contribution in [0.1, 0.15) is 26.3 Å². The minimum Gasteiger partial charge on any atom is -0.507 e. The topological polar surface area (TPSA) is 114 Å². The van der Waals surface area contributed by atoms with E-state index in [1.807, 2.05) is 0 Å². The maximum absolute atomic E-state index is 12.8. The molecule has 28 heavy (non-hydrogen) atoms. The van der Waals surface area contributed by atoms with Crippen LogP contribution >= 0.6 is 11.6 Å². The van der Waals surface area contributed by atoms with Crippen LogP contribution in [0, 0.1) is 6.92 Å². The Kier molecular flexibility index (Phi) is 3.97. The maximum atomic E-state index is 12.8. The summed E-state index contributed by atoms with van der Waals surface area (Å²) in [7, 11) is 0. The van der Waals surface area contributed by atoms with Crippen molar-refractivity contribution in [2.75, 3.05) is 5.73 Å². The van der Waals surface area contributed by atoms with Gasteiger partial charge in [-0.3, -0.25) is 24.3 Å². The number of imide groups is 1. The van der Waals surface area contributed by atoms with Gasteiger partial charge in [0, 0.05) is 17.2 Å². The van der Waals surface area contributed by atoms with Crippen molar-refractivity contribution >= 4 is 29.2 Å². The van der Waals surface area contributed by atoms with Gasteiger partial charge in [-0.1, -0.05) is 41.9 Å². The number of rotatable bonds is 2. The number of amides is 2. The number of fused-ring (bicyclic) bond motifs is 1. The van der Waals surface area contributed by atoms with Gasteiger partial charge in [0.1, 0.15) is 11.6 Å². The molecule has 0 saturated heterocycles. The third-order valence-electron chi connectivity index (χ3n) is 4.69. The number of anilines is 1. The number of nitrogens with one attached hydrogen (secondary N) is 1. The number of hydrogen-bond donors (Lipinski definition) is 3. The molecular weight excluding hydrogens is 382 g/mol. The van der Waals surface area contributed by atoms with Gasteiger partial charge in [0.25, 0.3) is 17.4 Å². The van der Waals surface area contributed by atoms with E-state index in [1.165, 1.54) is 0 Å². The lowest BCUT2D eigenvalue weighted by Gasteiger charge is -2.18. The lowest BCUT2D eigenvalue weighted by Crippen LogP contribution is -2.24. The van der Waals surface area contributed by atoms with Crippen molar-refractivity contribution < 1.29 is 14.7 Å². The highest BCUT2D eigenvalue weighted by Gasteiger charge is 2.32. The molecule has 8 heteroatoms. The zero-order chi connectivity index (χ0) is 20.2. The van der Waals surface area contributed by atoms with Gasteiger partial charge in [-0.25, -0.2) is 0 Å². The number of aromatic nitrogens is 1. The number of nitrogens with two attached hydrogens (primary N) is 1. The second-order valence-electron chi connectivity index (χ2n) is 6.38. The fourth-order valence-corrected chi connectivity index (χ4v) is 3.61. The van der Waals surface area contributed by atoms with E-state index in [0.29, 0.717) is 16.7 Å². The SMILES string of the molecule is Cc1cccc(-c2cccc(Cl)c2-n2c(N)c3c(cc2=O)C(=O)NC3=O)c1O. The molecule has 1 aliphatic heterocycles. The summed E-state index contributed by atoms with van der Waals surface area (Å²) >= 11 is 6.40. The van der Waals surface area contributed by atoms with E-state index < -0.39 is 17.4 Å². The number of hydrogen-bond acceptors (Lipinski definition) is 5. The van der Waals surface area contributed by atoms with Gasteiger partial charge in [-0.2, -0.15) is 0 Å². The van der Waals surface area contributed by atoms with Gasteiger partial charge in [0.05, 0.1) is 21.8 Å². The summed E-state index contributed by atoms with van der Waals surface area (Å²) in [5.41, 5.74) is 7.11. The minimum atomic E-state index is -0.682. The number of halogens is 1. The van der Waals surface area contributed by atoms with Gasteiger partial charge >= 0.3 is 0 Å². The molecule has 0 spiro atoms. The summed E-state index contributed by atoms with van der Waals surface area (Å²) in [6, 6.07) is 11.2. The summed E-state index contributed by atoms with van der Waals surface area (Å²) in [5, 5.41) is 12.8. The van der Waals surface area contributed by atoms with E-state index in [0.717, 1.165) is 10.6 Å². The highest BCUT2D eigenvalue weighted by Crippen LogP contribution is 2.39. The Morgan fingerprint density at radius 1 is 1.00 bits per heavy atom. The fourth-order valence-electron chi connectivity index (χ4n) is 3.35. The molecular formula is C20H14ClN3O4. The van der Waals surface area contributed by atoms with E-state index >= 15 is 0 Å². The zero-order valence-corrected chi connectivity index (χ0v) is 15.4. The molecule has 2 heterocycles. The maximum Gasteiger partial charge on any atom is 0.262 e. The molecule has 7 nitrogen and oxygen atoms in total. The van der Waals surface area contributed by atoms with E-state index in [9.17, 15) is 19.5 Å². The van der Waals surface area contributed by atoms with E-state index in [-0.39, 0.29) is 33.4 Å². The number of aryl methyl sites for hydroxylation is 1. The van der Waals surface area contributed by atoms with Crippen LogP contribution in [0.2, 0.25) is 5.02 Å². The van der Waals surface area contributed by atoms with Crippen LogP contribution in [-0.2, 0) is 0 Å². The number of phenolic OH excluding ortho intramolecular Hbond substituents is 1. The largest absolute Gasteiger partial charge is 0.507 e. The smallest absolute Gasteiger partial charge is 0.262 e. The molecule has 0 aliphatic carbocycles. The first-order valence-electron chi connectivity index (χ1n) is 8.30. The molecule has 0 fully saturated rings. The Balaban J connectivity index is 2.10. The van der Waals surface area contributed by atoms with Crippen molar-refractivity contribution in [2.24, 2.45) is 0 Å². The molecule has 1 aromatic heterocycles. The van der Waals surface area contributed by atoms with Crippen LogP contribution < -0.4 is 16.6 Å². The van der Waals surface area contributed by atoms with Crippen LogP contribution in [0.25, 0.3) is 16.8 Å². The number of pyridine rings is 1. The molecule has 0 unspecified atom stereocenters. The first-order chi connectivity index (χ1) is 13.3. The Morgan fingerprint density at radius 2 is 1.68 bits per heavy atom. The van der Waals surface area contributed by atoms with Crippen LogP contribution in [0.15, 0.2) is 47.3 Å². The van der Waals surface area contributed by atoms with Gasteiger partial charge in [0.2, 0.25) is 0 Å². The highest BCUT2D eigenvalue weighted by atomic mass is 35.5. The van der Waals surface area contributed by atoms with Crippen LogP contribution in [0.5, 0.6) is 5.75 Å². The number of aromatic hydroxyl groups is 1. The van der Waals surface area contributed by atoms with Gasteiger partial charge in [-0.15, -0.1) is 0 Å². The number of para-hydroxylation sites is 2. The first-order valence-corrected chi connectivity index (χ1v) is 8.68. The lowest BCUT2D eigenvalue weighted by atomic mass is 9.99. The molecule has 0 atom stereocenters. The van der Waals surface area contributed by atoms with Gasteiger partial charge < -0.3 is 10.8 Å². The average molecular weight is 396 g/mol. The fraction of sp³-hybridized carbons (Fsp3) is 0.0500. The summed E-state index contributed by atoms with van der Waals surface area (Å²) in [6.45, 7) is 1.74. The van der Waals surface area contributed by atoms with E-state index in [4.69, 9.17) is 17.3 Å². The van der Waals surface area contributed by atoms with Crippen LogP contribution in [-0.4, -0.2) is 21.5 Å². The molecule has 140 valence electrons. The zero-order valence-electron chi connectivity index (χ0n) is 14.6. The molecule has 0 radical (unpaired) electrons. The summed E-state index contributed by atoms with van der Waals surface area (Å²) in [6.07, 6.45) is 0. The second kappa shape index (κ2) is 6.24. The third kappa shape index (κ3) is 2.48.